The van der Waals surface area contributed by atoms with Crippen molar-refractivity contribution in [2.45, 2.75) is 19.9 Å². The Morgan fingerprint density at radius 3 is 2.37 bits per heavy atom. The summed E-state index contributed by atoms with van der Waals surface area (Å²) in [6, 6.07) is 13.0. The third kappa shape index (κ3) is 4.12. The van der Waals surface area contributed by atoms with Gasteiger partial charge in [0.15, 0.2) is 11.5 Å². The maximum absolute atomic E-state index is 13.9. The average molecular weight is 496 g/mol. The summed E-state index contributed by atoms with van der Waals surface area (Å²) < 4.78 is 24.6. The number of carbonyl (C=O) groups excluding carboxylic acids is 2. The molecule has 1 unspecified atom stereocenters. The van der Waals surface area contributed by atoms with E-state index in [1.54, 1.807) is 50.2 Å². The molecule has 0 aromatic heterocycles. The molecule has 1 aliphatic rings. The van der Waals surface area contributed by atoms with E-state index in [1.165, 1.54) is 37.3 Å². The van der Waals surface area contributed by atoms with Gasteiger partial charge in [-0.2, -0.15) is 0 Å². The van der Waals surface area contributed by atoms with Crippen molar-refractivity contribution >= 4 is 34.7 Å². The Bertz CT molecular complexity index is 1380. The molecule has 35 heavy (non-hydrogen) atoms. The number of nitrogens with zero attached hydrogens (tertiary/aromatic N) is 1. The third-order valence-corrected chi connectivity index (χ3v) is 6.51. The average Bonchev–Trinajstić information content (AvgIpc) is 3.11. The summed E-state index contributed by atoms with van der Waals surface area (Å²) in [4.78, 5) is 28.0. The van der Waals surface area contributed by atoms with Crippen molar-refractivity contribution in [3.8, 4) is 11.5 Å². The maximum atomic E-state index is 13.9. The number of benzene rings is 3. The van der Waals surface area contributed by atoms with Gasteiger partial charge in [0.2, 0.25) is 0 Å². The molecular weight excluding hydrogens is 473 g/mol. The smallest absolute Gasteiger partial charge is 0.300 e. The molecule has 3 aromatic rings. The fourth-order valence-electron chi connectivity index (χ4n) is 4.22. The van der Waals surface area contributed by atoms with E-state index in [0.717, 1.165) is 0 Å². The van der Waals surface area contributed by atoms with Gasteiger partial charge in [-0.1, -0.05) is 23.7 Å². The summed E-state index contributed by atoms with van der Waals surface area (Å²) in [5, 5.41) is 11.7. The molecule has 0 radical (unpaired) electrons. The number of hydrogen-bond donors (Lipinski definition) is 1. The molecule has 1 amide bonds. The van der Waals surface area contributed by atoms with Crippen LogP contribution in [0.4, 0.5) is 10.1 Å². The molecule has 1 heterocycles. The Hall–Kier alpha value is -3.84. The van der Waals surface area contributed by atoms with Gasteiger partial charge in [0, 0.05) is 16.3 Å². The van der Waals surface area contributed by atoms with Crippen LogP contribution >= 0.6 is 11.6 Å². The predicted octanol–water partition coefficient (Wildman–Crippen LogP) is 5.74. The van der Waals surface area contributed by atoms with Crippen LogP contribution < -0.4 is 14.4 Å². The number of ketones is 1. The second kappa shape index (κ2) is 9.43. The van der Waals surface area contributed by atoms with Crippen molar-refractivity contribution in [2.75, 3.05) is 19.1 Å². The molecular formula is C27H23ClFNO5. The summed E-state index contributed by atoms with van der Waals surface area (Å²) >= 11 is 6.33. The van der Waals surface area contributed by atoms with E-state index in [2.05, 4.69) is 0 Å². The normalized spacial score (nSPS) is 17.1. The number of ether oxygens (including phenoxy) is 2. The lowest BCUT2D eigenvalue weighted by Gasteiger charge is -2.27. The number of anilines is 1. The topological polar surface area (TPSA) is 76.1 Å². The van der Waals surface area contributed by atoms with Gasteiger partial charge in [-0.15, -0.1) is 0 Å². The first-order valence-corrected chi connectivity index (χ1v) is 11.1. The van der Waals surface area contributed by atoms with Crippen molar-refractivity contribution < 1.29 is 28.6 Å². The molecule has 4 rings (SSSR count). The van der Waals surface area contributed by atoms with Gasteiger partial charge in [0.25, 0.3) is 11.7 Å². The van der Waals surface area contributed by atoms with E-state index in [4.69, 9.17) is 21.1 Å². The first-order valence-electron chi connectivity index (χ1n) is 10.7. The molecule has 180 valence electrons. The molecule has 1 fully saturated rings. The Morgan fingerprint density at radius 2 is 1.71 bits per heavy atom. The van der Waals surface area contributed by atoms with Gasteiger partial charge in [0.05, 0.1) is 25.8 Å². The van der Waals surface area contributed by atoms with Gasteiger partial charge >= 0.3 is 0 Å². The van der Waals surface area contributed by atoms with Crippen LogP contribution in [0.1, 0.15) is 28.3 Å². The Morgan fingerprint density at radius 1 is 1.00 bits per heavy atom. The molecule has 1 aliphatic heterocycles. The van der Waals surface area contributed by atoms with Crippen LogP contribution in [-0.4, -0.2) is 31.0 Å². The third-order valence-electron chi connectivity index (χ3n) is 6.10. The van der Waals surface area contributed by atoms with Crippen LogP contribution in [0.15, 0.2) is 60.2 Å². The summed E-state index contributed by atoms with van der Waals surface area (Å²) in [6.45, 7) is 3.29. The van der Waals surface area contributed by atoms with Crippen LogP contribution in [-0.2, 0) is 9.59 Å². The number of rotatable bonds is 5. The molecule has 0 aliphatic carbocycles. The number of halogens is 2. The number of aliphatic hydroxyl groups is 1. The predicted molar refractivity (Wildman–Crippen MR) is 132 cm³/mol. The molecule has 1 atom stereocenters. The van der Waals surface area contributed by atoms with Crippen LogP contribution in [0.2, 0.25) is 5.02 Å². The van der Waals surface area contributed by atoms with Gasteiger partial charge in [-0.3, -0.25) is 14.5 Å². The zero-order valence-corrected chi connectivity index (χ0v) is 20.3. The highest BCUT2D eigenvalue weighted by Gasteiger charge is 2.47. The van der Waals surface area contributed by atoms with Crippen molar-refractivity contribution in [2.24, 2.45) is 0 Å². The first kappa shape index (κ1) is 24.3. The molecule has 1 N–H and O–H groups in total. The molecule has 8 heteroatoms. The lowest BCUT2D eigenvalue weighted by atomic mass is 9.94. The zero-order chi connectivity index (χ0) is 25.4. The summed E-state index contributed by atoms with van der Waals surface area (Å²) in [6.07, 6.45) is 0. The Kier molecular flexibility index (Phi) is 6.54. The van der Waals surface area contributed by atoms with Crippen LogP contribution in [0.25, 0.3) is 5.76 Å². The fourth-order valence-corrected chi connectivity index (χ4v) is 4.39. The number of aliphatic hydroxyl groups excluding tert-OH is 1. The lowest BCUT2D eigenvalue weighted by molar-refractivity contribution is -0.132. The lowest BCUT2D eigenvalue weighted by Crippen LogP contribution is -2.30. The van der Waals surface area contributed by atoms with Crippen molar-refractivity contribution in [1.29, 1.82) is 0 Å². The molecule has 1 saturated heterocycles. The Labute approximate surface area is 207 Å². The van der Waals surface area contributed by atoms with Crippen molar-refractivity contribution in [3.63, 3.8) is 0 Å². The van der Waals surface area contributed by atoms with Gasteiger partial charge in [0.1, 0.15) is 11.6 Å². The number of hydrogen-bond acceptors (Lipinski definition) is 5. The number of Topliss-reactive ketones (excluding diaryl/α,β-unsaturated/α-hetero) is 1. The second-order valence-electron chi connectivity index (χ2n) is 8.13. The minimum atomic E-state index is -1.00. The summed E-state index contributed by atoms with van der Waals surface area (Å²) in [7, 11) is 2.97. The fraction of sp³-hybridized carbons (Fsp3) is 0.185. The van der Waals surface area contributed by atoms with E-state index in [-0.39, 0.29) is 16.7 Å². The molecule has 0 saturated carbocycles. The van der Waals surface area contributed by atoms with E-state index >= 15 is 0 Å². The van der Waals surface area contributed by atoms with Gasteiger partial charge in [-0.05, 0) is 73.0 Å². The quantitative estimate of drug-likeness (QED) is 0.277. The van der Waals surface area contributed by atoms with Crippen molar-refractivity contribution in [1.82, 2.24) is 0 Å². The summed E-state index contributed by atoms with van der Waals surface area (Å²) in [5.41, 5.74) is 1.90. The zero-order valence-electron chi connectivity index (χ0n) is 19.6. The molecule has 0 bridgehead atoms. The van der Waals surface area contributed by atoms with E-state index in [0.29, 0.717) is 33.3 Å². The molecule has 0 spiro atoms. The Balaban J connectivity index is 2.01. The first-order chi connectivity index (χ1) is 16.7. The highest BCUT2D eigenvalue weighted by Crippen LogP contribution is 2.45. The van der Waals surface area contributed by atoms with E-state index < -0.39 is 29.3 Å². The highest BCUT2D eigenvalue weighted by atomic mass is 35.5. The van der Waals surface area contributed by atoms with Crippen molar-refractivity contribution in [3.05, 3.63) is 93.3 Å². The molecule has 3 aromatic carbocycles. The number of carbonyl (C=O) groups is 2. The number of methoxy groups -OCH3 is 2. The highest BCUT2D eigenvalue weighted by molar-refractivity contribution is 6.52. The van der Waals surface area contributed by atoms with Gasteiger partial charge < -0.3 is 14.6 Å². The van der Waals surface area contributed by atoms with Crippen LogP contribution in [0.5, 0.6) is 11.5 Å². The number of amides is 1. The largest absolute Gasteiger partial charge is 0.507 e. The van der Waals surface area contributed by atoms with E-state index in [1.807, 2.05) is 0 Å². The van der Waals surface area contributed by atoms with Crippen LogP contribution in [0.3, 0.4) is 0 Å². The minimum Gasteiger partial charge on any atom is -0.507 e. The minimum absolute atomic E-state index is 0.132. The standard InChI is InChI=1S/C27H23ClFNO5/c1-14-12-17(8-10-19(14)29)25(31)23-24(16-9-11-21(34-3)22(13-16)35-4)30(27(33)26(23)32)20-7-5-6-18(28)15(20)2/h5-13,24,31H,1-4H3/b25-23+. The van der Waals surface area contributed by atoms with Crippen LogP contribution in [0, 0.1) is 19.7 Å². The maximum Gasteiger partial charge on any atom is 0.300 e. The monoisotopic (exact) mass is 495 g/mol. The van der Waals surface area contributed by atoms with E-state index in [9.17, 15) is 19.1 Å². The summed E-state index contributed by atoms with van der Waals surface area (Å²) in [5.74, 6) is -1.71. The molecule has 6 nitrogen and oxygen atoms in total. The number of aryl methyl sites for hydroxylation is 1. The van der Waals surface area contributed by atoms with Gasteiger partial charge in [-0.25, -0.2) is 4.39 Å². The second-order valence-corrected chi connectivity index (χ2v) is 8.54. The SMILES string of the molecule is COc1ccc(C2/C(=C(\O)c3ccc(F)c(C)c3)C(=O)C(=O)N2c2cccc(Cl)c2C)cc1OC.